The summed E-state index contributed by atoms with van der Waals surface area (Å²) < 4.78 is 32.3. The highest BCUT2D eigenvalue weighted by atomic mass is 32.2. The fraction of sp³-hybridized carbons (Fsp3) is 0.300. The second kappa shape index (κ2) is 8.22. The van der Waals surface area contributed by atoms with Gasteiger partial charge < -0.3 is 15.4 Å². The molecule has 2 N–H and O–H groups in total. The van der Waals surface area contributed by atoms with Crippen LogP contribution >= 0.6 is 0 Å². The number of nitrogens with zero attached hydrogens (tertiary/aromatic N) is 1. The van der Waals surface area contributed by atoms with Gasteiger partial charge in [0.05, 0.1) is 24.5 Å². The van der Waals surface area contributed by atoms with Gasteiger partial charge in [-0.3, -0.25) is 9.59 Å². The molecule has 9 heteroatoms. The van der Waals surface area contributed by atoms with Gasteiger partial charge in [0.15, 0.2) is 0 Å². The SMILES string of the molecule is CCN(CC(=O)Nc1cccc(OC)c1)S(=O)(=O)c1ccc2c(c1)[C@H](C)C(=O)N2. The fourth-order valence-corrected chi connectivity index (χ4v) is 4.57. The maximum atomic E-state index is 13.1. The summed E-state index contributed by atoms with van der Waals surface area (Å²) in [6.45, 7) is 3.17. The number of carbonyl (C=O) groups excluding carboxylic acids is 2. The van der Waals surface area contributed by atoms with E-state index in [0.717, 1.165) is 4.31 Å². The molecule has 0 aromatic heterocycles. The van der Waals surface area contributed by atoms with Crippen LogP contribution < -0.4 is 15.4 Å². The molecule has 154 valence electrons. The number of sulfonamides is 1. The second-order valence-electron chi connectivity index (χ2n) is 6.67. The lowest BCUT2D eigenvalue weighted by Crippen LogP contribution is -2.37. The first-order chi connectivity index (χ1) is 13.8. The van der Waals surface area contributed by atoms with Crippen molar-refractivity contribution in [2.24, 2.45) is 0 Å². The van der Waals surface area contributed by atoms with Crippen LogP contribution in [0.4, 0.5) is 11.4 Å². The normalized spacial score (nSPS) is 15.7. The Kier molecular flexibility index (Phi) is 5.90. The average Bonchev–Trinajstić information content (AvgIpc) is 2.99. The van der Waals surface area contributed by atoms with Crippen molar-refractivity contribution in [1.29, 1.82) is 0 Å². The summed E-state index contributed by atoms with van der Waals surface area (Å²) in [4.78, 5) is 24.3. The van der Waals surface area contributed by atoms with Crippen molar-refractivity contribution < 1.29 is 22.7 Å². The molecular weight excluding hydrogens is 394 g/mol. The highest BCUT2D eigenvalue weighted by Gasteiger charge is 2.31. The van der Waals surface area contributed by atoms with Crippen LogP contribution in [-0.2, 0) is 19.6 Å². The third kappa shape index (κ3) is 4.25. The Labute approximate surface area is 169 Å². The smallest absolute Gasteiger partial charge is 0.243 e. The lowest BCUT2D eigenvalue weighted by Gasteiger charge is -2.20. The van der Waals surface area contributed by atoms with Gasteiger partial charge in [-0.1, -0.05) is 13.0 Å². The number of carbonyl (C=O) groups is 2. The zero-order chi connectivity index (χ0) is 21.2. The molecular formula is C20H23N3O5S. The van der Waals surface area contributed by atoms with E-state index in [-0.39, 0.29) is 23.9 Å². The van der Waals surface area contributed by atoms with Gasteiger partial charge in [-0.05, 0) is 42.8 Å². The van der Waals surface area contributed by atoms with Gasteiger partial charge in [-0.25, -0.2) is 8.42 Å². The van der Waals surface area contributed by atoms with Crippen LogP contribution in [-0.4, -0.2) is 44.7 Å². The van der Waals surface area contributed by atoms with Crippen LogP contribution in [0.2, 0.25) is 0 Å². The molecule has 0 spiro atoms. The molecule has 1 aliphatic rings. The third-order valence-corrected chi connectivity index (χ3v) is 6.72. The summed E-state index contributed by atoms with van der Waals surface area (Å²) in [6.07, 6.45) is 0. The van der Waals surface area contributed by atoms with E-state index in [1.54, 1.807) is 44.2 Å². The number of fused-ring (bicyclic) bond motifs is 1. The number of hydrogen-bond acceptors (Lipinski definition) is 5. The summed E-state index contributed by atoms with van der Waals surface area (Å²) in [5.41, 5.74) is 1.76. The van der Waals surface area contributed by atoms with Crippen molar-refractivity contribution in [3.05, 3.63) is 48.0 Å². The molecule has 0 fully saturated rings. The van der Waals surface area contributed by atoms with Crippen LogP contribution in [0, 0.1) is 0 Å². The van der Waals surface area contributed by atoms with Crippen molar-refractivity contribution in [2.45, 2.75) is 24.7 Å². The number of rotatable bonds is 7. The largest absolute Gasteiger partial charge is 0.497 e. The summed E-state index contributed by atoms with van der Waals surface area (Å²) in [6, 6.07) is 11.3. The van der Waals surface area contributed by atoms with E-state index in [9.17, 15) is 18.0 Å². The number of ether oxygens (including phenoxy) is 1. The molecule has 2 aromatic carbocycles. The minimum absolute atomic E-state index is 0.0515. The van der Waals surface area contributed by atoms with Crippen LogP contribution in [0.5, 0.6) is 5.75 Å². The minimum atomic E-state index is -3.91. The van der Waals surface area contributed by atoms with E-state index in [1.807, 2.05) is 0 Å². The van der Waals surface area contributed by atoms with Crippen molar-refractivity contribution in [3.63, 3.8) is 0 Å². The monoisotopic (exact) mass is 417 g/mol. The topological polar surface area (TPSA) is 105 Å². The summed E-state index contributed by atoms with van der Waals surface area (Å²) in [5.74, 6) is -0.473. The van der Waals surface area contributed by atoms with Crippen LogP contribution in [0.1, 0.15) is 25.3 Å². The van der Waals surface area contributed by atoms with E-state index >= 15 is 0 Å². The third-order valence-electron chi connectivity index (χ3n) is 4.80. The van der Waals surface area contributed by atoms with Gasteiger partial charge in [-0.15, -0.1) is 0 Å². The molecule has 0 radical (unpaired) electrons. The number of nitrogens with one attached hydrogen (secondary N) is 2. The molecule has 1 heterocycles. The Balaban J connectivity index is 1.78. The first-order valence-electron chi connectivity index (χ1n) is 9.15. The number of amides is 2. The second-order valence-corrected chi connectivity index (χ2v) is 8.61. The van der Waals surface area contributed by atoms with Crippen LogP contribution in [0.15, 0.2) is 47.4 Å². The standard InChI is InChI=1S/C20H23N3O5S/c1-4-23(12-19(24)21-14-6-5-7-15(10-14)28-3)29(26,27)16-8-9-18-17(11-16)13(2)20(25)22-18/h5-11,13H,4,12H2,1-3H3,(H,21,24)(H,22,25)/t13-/m0/s1. The van der Waals surface area contributed by atoms with Crippen molar-refractivity contribution in [2.75, 3.05) is 30.8 Å². The Morgan fingerprint density at radius 2 is 2.00 bits per heavy atom. The predicted molar refractivity (Wildman–Crippen MR) is 110 cm³/mol. The summed E-state index contributed by atoms with van der Waals surface area (Å²) >= 11 is 0. The molecule has 0 bridgehead atoms. The Morgan fingerprint density at radius 3 is 2.69 bits per heavy atom. The van der Waals surface area contributed by atoms with Gasteiger partial charge in [-0.2, -0.15) is 4.31 Å². The molecule has 29 heavy (non-hydrogen) atoms. The Morgan fingerprint density at radius 1 is 1.24 bits per heavy atom. The van der Waals surface area contributed by atoms with Gasteiger partial charge in [0.25, 0.3) is 0 Å². The molecule has 0 unspecified atom stereocenters. The Bertz CT molecular complexity index is 1050. The van der Waals surface area contributed by atoms with E-state index in [2.05, 4.69) is 10.6 Å². The summed E-state index contributed by atoms with van der Waals surface area (Å²) in [5, 5.41) is 5.40. The first kappa shape index (κ1) is 20.8. The Hall–Kier alpha value is -2.91. The molecule has 2 amide bonds. The maximum absolute atomic E-state index is 13.1. The van der Waals surface area contributed by atoms with Gasteiger partial charge >= 0.3 is 0 Å². The molecule has 3 rings (SSSR count). The van der Waals surface area contributed by atoms with Crippen LogP contribution in [0.25, 0.3) is 0 Å². The average molecular weight is 417 g/mol. The highest BCUT2D eigenvalue weighted by molar-refractivity contribution is 7.89. The van der Waals surface area contributed by atoms with Crippen molar-refractivity contribution in [3.8, 4) is 5.75 Å². The molecule has 0 saturated carbocycles. The van der Waals surface area contributed by atoms with Crippen LogP contribution in [0.3, 0.4) is 0 Å². The quantitative estimate of drug-likeness (QED) is 0.720. The highest BCUT2D eigenvalue weighted by Crippen LogP contribution is 2.34. The molecule has 8 nitrogen and oxygen atoms in total. The fourth-order valence-electron chi connectivity index (χ4n) is 3.13. The molecule has 2 aromatic rings. The van der Waals surface area contributed by atoms with Gasteiger partial charge in [0, 0.05) is 24.0 Å². The number of anilines is 2. The number of hydrogen-bond donors (Lipinski definition) is 2. The minimum Gasteiger partial charge on any atom is -0.497 e. The van der Waals surface area contributed by atoms with Gasteiger partial charge in [0.2, 0.25) is 21.8 Å². The van der Waals surface area contributed by atoms with E-state index in [1.165, 1.54) is 19.2 Å². The predicted octanol–water partition coefficient (Wildman–Crippen LogP) is 2.40. The van der Waals surface area contributed by atoms with E-state index in [0.29, 0.717) is 22.7 Å². The summed E-state index contributed by atoms with van der Waals surface area (Å²) in [7, 11) is -2.38. The van der Waals surface area contributed by atoms with Crippen molar-refractivity contribution in [1.82, 2.24) is 4.31 Å². The molecule has 1 aliphatic heterocycles. The zero-order valence-corrected chi connectivity index (χ0v) is 17.2. The maximum Gasteiger partial charge on any atom is 0.243 e. The number of likely N-dealkylation sites (N-methyl/N-ethyl adjacent to an activating group) is 1. The first-order valence-corrected chi connectivity index (χ1v) is 10.6. The number of methoxy groups -OCH3 is 1. The van der Waals surface area contributed by atoms with E-state index < -0.39 is 21.8 Å². The molecule has 0 saturated heterocycles. The van der Waals surface area contributed by atoms with E-state index in [4.69, 9.17) is 4.74 Å². The van der Waals surface area contributed by atoms with Gasteiger partial charge in [0.1, 0.15) is 5.75 Å². The number of benzene rings is 2. The zero-order valence-electron chi connectivity index (χ0n) is 16.4. The lowest BCUT2D eigenvalue weighted by atomic mass is 10.0. The van der Waals surface area contributed by atoms with Crippen molar-refractivity contribution >= 4 is 33.2 Å². The lowest BCUT2D eigenvalue weighted by molar-refractivity contribution is -0.117. The molecule has 1 atom stereocenters. The molecule has 0 aliphatic carbocycles.